The zero-order valence-electron chi connectivity index (χ0n) is 15.1. The van der Waals surface area contributed by atoms with Gasteiger partial charge in [-0.2, -0.15) is 0 Å². The third-order valence-electron chi connectivity index (χ3n) is 3.62. The smallest absolute Gasteiger partial charge is 0.338 e. The van der Waals surface area contributed by atoms with Crippen LogP contribution in [-0.4, -0.2) is 65.9 Å². The molecular formula is C20H26O6. The lowest BCUT2D eigenvalue weighted by molar-refractivity contribution is -0.00551. The van der Waals surface area contributed by atoms with Gasteiger partial charge < -0.3 is 23.7 Å². The van der Waals surface area contributed by atoms with Gasteiger partial charge in [-0.15, -0.1) is 0 Å². The topological polar surface area (TPSA) is 63.2 Å². The van der Waals surface area contributed by atoms with Gasteiger partial charge in [-0.25, -0.2) is 4.79 Å². The van der Waals surface area contributed by atoms with Crippen molar-refractivity contribution in [1.82, 2.24) is 0 Å². The van der Waals surface area contributed by atoms with Crippen molar-refractivity contribution in [1.29, 1.82) is 0 Å². The van der Waals surface area contributed by atoms with E-state index < -0.39 is 0 Å². The predicted octanol–water partition coefficient (Wildman–Crippen LogP) is 2.69. The maximum atomic E-state index is 12.0. The molecule has 0 atom stereocenters. The maximum absolute atomic E-state index is 12.0. The number of benzene rings is 2. The summed E-state index contributed by atoms with van der Waals surface area (Å²) < 4.78 is 26.1. The number of hydrogen-bond acceptors (Lipinski definition) is 6. The molecule has 2 aromatic rings. The Kier molecular flexibility index (Phi) is 9.67. The highest BCUT2D eigenvalue weighted by molar-refractivity contribution is 5.95. The van der Waals surface area contributed by atoms with Gasteiger partial charge >= 0.3 is 5.97 Å². The molecule has 26 heavy (non-hydrogen) atoms. The summed E-state index contributed by atoms with van der Waals surface area (Å²) in [7, 11) is 1.64. The highest BCUT2D eigenvalue weighted by atomic mass is 16.6. The van der Waals surface area contributed by atoms with Crippen molar-refractivity contribution in [2.24, 2.45) is 0 Å². The SMILES string of the molecule is COCCOCCOCCOCCOC(=O)c1ccc2ccccc2c1. The first kappa shape index (κ1) is 20.3. The van der Waals surface area contributed by atoms with Crippen LogP contribution in [0.15, 0.2) is 42.5 Å². The Morgan fingerprint density at radius 2 is 1.31 bits per heavy atom. The molecule has 0 radical (unpaired) electrons. The molecule has 0 saturated carbocycles. The molecule has 6 nitrogen and oxygen atoms in total. The molecule has 0 aliphatic rings. The van der Waals surface area contributed by atoms with Crippen molar-refractivity contribution >= 4 is 16.7 Å². The molecule has 0 aromatic heterocycles. The van der Waals surface area contributed by atoms with Crippen LogP contribution in [0.1, 0.15) is 10.4 Å². The van der Waals surface area contributed by atoms with Crippen LogP contribution in [0.5, 0.6) is 0 Å². The van der Waals surface area contributed by atoms with Gasteiger partial charge in [0.25, 0.3) is 0 Å². The Bertz CT molecular complexity index is 658. The van der Waals surface area contributed by atoms with Crippen LogP contribution >= 0.6 is 0 Å². The maximum Gasteiger partial charge on any atom is 0.338 e. The number of ether oxygens (including phenoxy) is 5. The quantitative estimate of drug-likeness (QED) is 0.403. The fourth-order valence-corrected chi connectivity index (χ4v) is 2.28. The predicted molar refractivity (Wildman–Crippen MR) is 98.6 cm³/mol. The number of hydrogen-bond donors (Lipinski definition) is 0. The van der Waals surface area contributed by atoms with E-state index >= 15 is 0 Å². The van der Waals surface area contributed by atoms with Gasteiger partial charge in [0.1, 0.15) is 6.61 Å². The van der Waals surface area contributed by atoms with Gasteiger partial charge in [-0.3, -0.25) is 0 Å². The summed E-state index contributed by atoms with van der Waals surface area (Å²) in [6.07, 6.45) is 0. The molecule has 2 rings (SSSR count). The summed E-state index contributed by atoms with van der Waals surface area (Å²) in [5, 5.41) is 2.11. The zero-order chi connectivity index (χ0) is 18.5. The number of carbonyl (C=O) groups excluding carboxylic acids is 1. The van der Waals surface area contributed by atoms with E-state index in [4.69, 9.17) is 23.7 Å². The van der Waals surface area contributed by atoms with Crippen LogP contribution in [0.2, 0.25) is 0 Å². The van der Waals surface area contributed by atoms with E-state index in [2.05, 4.69) is 0 Å². The van der Waals surface area contributed by atoms with Gasteiger partial charge in [0.15, 0.2) is 0 Å². The van der Waals surface area contributed by atoms with Gasteiger partial charge in [0, 0.05) is 7.11 Å². The summed E-state index contributed by atoms with van der Waals surface area (Å²) in [5.41, 5.74) is 0.542. The van der Waals surface area contributed by atoms with E-state index in [0.717, 1.165) is 10.8 Å². The first-order valence-corrected chi connectivity index (χ1v) is 8.69. The minimum Gasteiger partial charge on any atom is -0.460 e. The molecule has 0 aliphatic carbocycles. The average molecular weight is 362 g/mol. The molecule has 142 valence electrons. The summed E-state index contributed by atoms with van der Waals surface area (Å²) in [6.45, 7) is 3.69. The van der Waals surface area contributed by atoms with E-state index in [1.807, 2.05) is 36.4 Å². The standard InChI is InChI=1S/C20H26O6/c1-22-8-9-23-10-11-24-12-13-25-14-15-26-20(21)19-7-6-17-4-2-3-5-18(17)16-19/h2-7,16H,8-15H2,1H3. The van der Waals surface area contributed by atoms with Crippen LogP contribution < -0.4 is 0 Å². The molecule has 0 unspecified atom stereocenters. The Hall–Kier alpha value is -1.99. The largest absolute Gasteiger partial charge is 0.460 e. The van der Waals surface area contributed by atoms with Crippen molar-refractivity contribution in [3.63, 3.8) is 0 Å². The number of methoxy groups -OCH3 is 1. The number of rotatable bonds is 13. The van der Waals surface area contributed by atoms with Crippen molar-refractivity contribution in [2.45, 2.75) is 0 Å². The second kappa shape index (κ2) is 12.4. The minimum absolute atomic E-state index is 0.214. The molecule has 2 aromatic carbocycles. The third kappa shape index (κ3) is 7.49. The molecule has 0 saturated heterocycles. The molecule has 0 heterocycles. The first-order valence-electron chi connectivity index (χ1n) is 8.69. The van der Waals surface area contributed by atoms with E-state index in [9.17, 15) is 4.79 Å². The lowest BCUT2D eigenvalue weighted by Gasteiger charge is -2.08. The van der Waals surface area contributed by atoms with Gasteiger partial charge in [0.2, 0.25) is 0 Å². The zero-order valence-corrected chi connectivity index (χ0v) is 15.1. The summed E-state index contributed by atoms with van der Waals surface area (Å²) >= 11 is 0. The van der Waals surface area contributed by atoms with Crippen LogP contribution in [0.3, 0.4) is 0 Å². The van der Waals surface area contributed by atoms with Crippen molar-refractivity contribution < 1.29 is 28.5 Å². The monoisotopic (exact) mass is 362 g/mol. The summed E-state index contributed by atoms with van der Waals surface area (Å²) in [4.78, 5) is 12.0. The molecule has 0 fully saturated rings. The van der Waals surface area contributed by atoms with E-state index in [0.29, 0.717) is 51.8 Å². The lowest BCUT2D eigenvalue weighted by Crippen LogP contribution is -2.14. The molecule has 0 amide bonds. The second-order valence-corrected chi connectivity index (χ2v) is 5.53. The van der Waals surface area contributed by atoms with Crippen molar-refractivity contribution in [3.8, 4) is 0 Å². The highest BCUT2D eigenvalue weighted by Gasteiger charge is 2.07. The second-order valence-electron chi connectivity index (χ2n) is 5.53. The molecule has 0 bridgehead atoms. The van der Waals surface area contributed by atoms with Crippen LogP contribution in [0.25, 0.3) is 10.8 Å². The Morgan fingerprint density at radius 3 is 1.96 bits per heavy atom. The van der Waals surface area contributed by atoms with E-state index in [-0.39, 0.29) is 12.6 Å². The first-order chi connectivity index (χ1) is 12.8. The number of carbonyl (C=O) groups is 1. The van der Waals surface area contributed by atoms with Crippen LogP contribution in [-0.2, 0) is 23.7 Å². The summed E-state index contributed by atoms with van der Waals surface area (Å²) in [6, 6.07) is 13.4. The van der Waals surface area contributed by atoms with E-state index in [1.165, 1.54) is 0 Å². The average Bonchev–Trinajstić information content (AvgIpc) is 2.68. The van der Waals surface area contributed by atoms with Crippen molar-refractivity contribution in [2.75, 3.05) is 60.0 Å². The fourth-order valence-electron chi connectivity index (χ4n) is 2.28. The molecule has 6 heteroatoms. The summed E-state index contributed by atoms with van der Waals surface area (Å²) in [5.74, 6) is -0.344. The van der Waals surface area contributed by atoms with Gasteiger partial charge in [-0.05, 0) is 22.9 Å². The minimum atomic E-state index is -0.344. The Balaban J connectivity index is 1.51. The van der Waals surface area contributed by atoms with Crippen LogP contribution in [0, 0.1) is 0 Å². The van der Waals surface area contributed by atoms with E-state index in [1.54, 1.807) is 13.2 Å². The highest BCUT2D eigenvalue weighted by Crippen LogP contribution is 2.16. The van der Waals surface area contributed by atoms with Crippen LogP contribution in [0.4, 0.5) is 0 Å². The van der Waals surface area contributed by atoms with Crippen molar-refractivity contribution in [3.05, 3.63) is 48.0 Å². The number of esters is 1. The Morgan fingerprint density at radius 1 is 0.731 bits per heavy atom. The molecule has 0 N–H and O–H groups in total. The fraction of sp³-hybridized carbons (Fsp3) is 0.450. The third-order valence-corrected chi connectivity index (χ3v) is 3.62. The molecule has 0 aliphatic heterocycles. The Labute approximate surface area is 153 Å². The number of fused-ring (bicyclic) bond motifs is 1. The molecular weight excluding hydrogens is 336 g/mol. The molecule has 0 spiro atoms. The normalized spacial score (nSPS) is 11.0. The van der Waals surface area contributed by atoms with Gasteiger partial charge in [-0.1, -0.05) is 30.3 Å². The lowest BCUT2D eigenvalue weighted by atomic mass is 10.1. The van der Waals surface area contributed by atoms with Gasteiger partial charge in [0.05, 0.1) is 51.8 Å².